The maximum Gasteiger partial charge on any atom is 0.120 e. The highest BCUT2D eigenvalue weighted by Crippen LogP contribution is 2.15. The summed E-state index contributed by atoms with van der Waals surface area (Å²) in [5, 5.41) is 0. The smallest absolute Gasteiger partial charge is 0.120 e. The zero-order valence-electron chi connectivity index (χ0n) is 10.5. The van der Waals surface area contributed by atoms with Crippen molar-refractivity contribution in [2.24, 2.45) is 0 Å². The average molecular weight is 227 g/mol. The molecule has 2 heteroatoms. The molecule has 2 aromatic rings. The van der Waals surface area contributed by atoms with Crippen molar-refractivity contribution < 1.29 is 4.74 Å². The van der Waals surface area contributed by atoms with Crippen LogP contribution in [0.1, 0.15) is 22.5 Å². The summed E-state index contributed by atoms with van der Waals surface area (Å²) in [5.41, 5.74) is 4.45. The van der Waals surface area contributed by atoms with Crippen molar-refractivity contribution in [3.63, 3.8) is 0 Å². The molecule has 0 amide bonds. The number of hydrogen-bond acceptors (Lipinski definition) is 2. The Kier molecular flexibility index (Phi) is 3.43. The monoisotopic (exact) mass is 227 g/mol. The van der Waals surface area contributed by atoms with E-state index in [1.807, 2.05) is 32.0 Å². The Bertz CT molecular complexity index is 500. The van der Waals surface area contributed by atoms with Crippen LogP contribution in [0.4, 0.5) is 0 Å². The van der Waals surface area contributed by atoms with E-state index in [9.17, 15) is 0 Å². The number of hydrogen-bond donors (Lipinski definition) is 0. The maximum absolute atomic E-state index is 5.76. The summed E-state index contributed by atoms with van der Waals surface area (Å²) in [6.07, 6.45) is 0. The Morgan fingerprint density at radius 3 is 2.35 bits per heavy atom. The Morgan fingerprint density at radius 1 is 1.00 bits per heavy atom. The minimum Gasteiger partial charge on any atom is -0.489 e. The normalized spacial score (nSPS) is 10.3. The third kappa shape index (κ3) is 3.31. The first-order chi connectivity index (χ1) is 8.13. The van der Waals surface area contributed by atoms with Crippen molar-refractivity contribution in [3.05, 3.63) is 58.9 Å². The first-order valence-electron chi connectivity index (χ1n) is 5.77. The van der Waals surface area contributed by atoms with Crippen LogP contribution in [0, 0.1) is 20.8 Å². The molecule has 0 unspecified atom stereocenters. The fourth-order valence-corrected chi connectivity index (χ4v) is 1.88. The molecule has 1 aromatic carbocycles. The highest BCUT2D eigenvalue weighted by atomic mass is 16.5. The molecule has 0 aliphatic rings. The highest BCUT2D eigenvalue weighted by Gasteiger charge is 1.99. The molecule has 1 aromatic heterocycles. The van der Waals surface area contributed by atoms with Gasteiger partial charge < -0.3 is 4.74 Å². The fourth-order valence-electron chi connectivity index (χ4n) is 1.88. The van der Waals surface area contributed by atoms with Crippen molar-refractivity contribution in [1.29, 1.82) is 0 Å². The lowest BCUT2D eigenvalue weighted by Gasteiger charge is -2.08. The summed E-state index contributed by atoms with van der Waals surface area (Å²) in [6.45, 7) is 6.66. The first kappa shape index (κ1) is 11.6. The van der Waals surface area contributed by atoms with Gasteiger partial charge in [0.05, 0.1) is 0 Å². The average Bonchev–Trinajstić information content (AvgIpc) is 2.25. The third-order valence-corrected chi connectivity index (χ3v) is 2.54. The van der Waals surface area contributed by atoms with E-state index in [4.69, 9.17) is 4.74 Å². The summed E-state index contributed by atoms with van der Waals surface area (Å²) in [5.74, 6) is 0.914. The molecule has 17 heavy (non-hydrogen) atoms. The number of aromatic nitrogens is 1. The molecular weight excluding hydrogens is 210 g/mol. The molecule has 0 atom stereocenters. The number of rotatable bonds is 3. The maximum atomic E-state index is 5.76. The number of aryl methyl sites for hydroxylation is 3. The van der Waals surface area contributed by atoms with Crippen LogP contribution in [-0.2, 0) is 6.61 Å². The van der Waals surface area contributed by atoms with Crippen LogP contribution >= 0.6 is 0 Å². The minimum atomic E-state index is 0.591. The van der Waals surface area contributed by atoms with Gasteiger partial charge in [0.25, 0.3) is 0 Å². The molecule has 0 radical (unpaired) electrons. The minimum absolute atomic E-state index is 0.591. The Labute approximate surface area is 102 Å². The van der Waals surface area contributed by atoms with E-state index >= 15 is 0 Å². The lowest BCUT2D eigenvalue weighted by molar-refractivity contribution is 0.305. The molecule has 0 aliphatic carbocycles. The third-order valence-electron chi connectivity index (χ3n) is 2.54. The van der Waals surface area contributed by atoms with Crippen molar-refractivity contribution in [3.8, 4) is 5.75 Å². The molecule has 0 N–H and O–H groups in total. The molecule has 0 spiro atoms. The molecule has 0 bridgehead atoms. The summed E-state index contributed by atoms with van der Waals surface area (Å²) in [6, 6.07) is 12.2. The number of ether oxygens (including phenoxy) is 1. The van der Waals surface area contributed by atoms with Gasteiger partial charge in [-0.05, 0) is 56.2 Å². The van der Waals surface area contributed by atoms with Gasteiger partial charge in [0, 0.05) is 11.4 Å². The van der Waals surface area contributed by atoms with E-state index in [0.717, 1.165) is 22.7 Å². The van der Waals surface area contributed by atoms with Gasteiger partial charge in [-0.2, -0.15) is 0 Å². The van der Waals surface area contributed by atoms with Gasteiger partial charge in [0.1, 0.15) is 12.4 Å². The Morgan fingerprint density at radius 2 is 1.71 bits per heavy atom. The predicted octanol–water partition coefficient (Wildman–Crippen LogP) is 3.59. The number of nitrogens with zero attached hydrogens (tertiary/aromatic N) is 1. The molecule has 88 valence electrons. The molecule has 0 saturated heterocycles. The predicted molar refractivity (Wildman–Crippen MR) is 69.2 cm³/mol. The molecule has 2 rings (SSSR count). The van der Waals surface area contributed by atoms with Crippen molar-refractivity contribution >= 4 is 0 Å². The van der Waals surface area contributed by atoms with E-state index in [1.54, 1.807) is 0 Å². The van der Waals surface area contributed by atoms with E-state index in [-0.39, 0.29) is 0 Å². The van der Waals surface area contributed by atoms with Gasteiger partial charge in [0.2, 0.25) is 0 Å². The van der Waals surface area contributed by atoms with E-state index in [0.29, 0.717) is 6.61 Å². The van der Waals surface area contributed by atoms with Crippen LogP contribution in [0.15, 0.2) is 36.4 Å². The van der Waals surface area contributed by atoms with Crippen LogP contribution in [0.25, 0.3) is 0 Å². The van der Waals surface area contributed by atoms with Crippen LogP contribution < -0.4 is 4.74 Å². The topological polar surface area (TPSA) is 22.1 Å². The first-order valence-corrected chi connectivity index (χ1v) is 5.77. The molecular formula is C15H17NO. The molecule has 1 heterocycles. The van der Waals surface area contributed by atoms with Gasteiger partial charge in [-0.1, -0.05) is 12.1 Å². The molecule has 0 saturated carbocycles. The summed E-state index contributed by atoms with van der Waals surface area (Å²) >= 11 is 0. The SMILES string of the molecule is Cc1cccc(OCc2cc(C)nc(C)c2)c1. The van der Waals surface area contributed by atoms with Gasteiger partial charge in [-0.15, -0.1) is 0 Å². The molecule has 0 aliphatic heterocycles. The van der Waals surface area contributed by atoms with Gasteiger partial charge in [-0.3, -0.25) is 4.98 Å². The Balaban J connectivity index is 2.07. The van der Waals surface area contributed by atoms with Gasteiger partial charge in [-0.25, -0.2) is 0 Å². The number of benzene rings is 1. The van der Waals surface area contributed by atoms with Crippen LogP contribution in [-0.4, -0.2) is 4.98 Å². The van der Waals surface area contributed by atoms with Crippen molar-refractivity contribution in [1.82, 2.24) is 4.98 Å². The highest BCUT2D eigenvalue weighted by molar-refractivity contribution is 5.28. The van der Waals surface area contributed by atoms with E-state index in [2.05, 4.69) is 30.1 Å². The van der Waals surface area contributed by atoms with E-state index < -0.39 is 0 Å². The number of pyridine rings is 1. The second kappa shape index (κ2) is 5.00. The van der Waals surface area contributed by atoms with Crippen LogP contribution in [0.3, 0.4) is 0 Å². The quantitative estimate of drug-likeness (QED) is 0.799. The Hall–Kier alpha value is -1.83. The zero-order valence-corrected chi connectivity index (χ0v) is 10.5. The lowest BCUT2D eigenvalue weighted by Crippen LogP contribution is -1.98. The van der Waals surface area contributed by atoms with Gasteiger partial charge >= 0.3 is 0 Å². The van der Waals surface area contributed by atoms with Crippen molar-refractivity contribution in [2.45, 2.75) is 27.4 Å². The summed E-state index contributed by atoms with van der Waals surface area (Å²) in [4.78, 5) is 4.35. The van der Waals surface area contributed by atoms with Crippen molar-refractivity contribution in [2.75, 3.05) is 0 Å². The van der Waals surface area contributed by atoms with E-state index in [1.165, 1.54) is 5.56 Å². The summed E-state index contributed by atoms with van der Waals surface area (Å²) < 4.78 is 5.76. The van der Waals surface area contributed by atoms with Crippen LogP contribution in [0.2, 0.25) is 0 Å². The molecule has 0 fully saturated rings. The largest absolute Gasteiger partial charge is 0.489 e. The second-order valence-corrected chi connectivity index (χ2v) is 4.36. The van der Waals surface area contributed by atoms with Crippen LogP contribution in [0.5, 0.6) is 5.75 Å². The zero-order chi connectivity index (χ0) is 12.3. The van der Waals surface area contributed by atoms with Gasteiger partial charge in [0.15, 0.2) is 0 Å². The summed E-state index contributed by atoms with van der Waals surface area (Å²) in [7, 11) is 0. The second-order valence-electron chi connectivity index (χ2n) is 4.36. The standard InChI is InChI=1S/C15H17NO/c1-11-5-4-6-15(7-11)17-10-14-8-12(2)16-13(3)9-14/h4-9H,10H2,1-3H3. The lowest BCUT2D eigenvalue weighted by atomic mass is 10.2. The molecule has 2 nitrogen and oxygen atoms in total. The fraction of sp³-hybridized carbons (Fsp3) is 0.267.